The van der Waals surface area contributed by atoms with Gasteiger partial charge in [0.1, 0.15) is 22.3 Å². The lowest BCUT2D eigenvalue weighted by Gasteiger charge is -2.09. The largest absolute Gasteiger partial charge is 0.455 e. The maximum Gasteiger partial charge on any atom is 0.164 e. The van der Waals surface area contributed by atoms with Crippen LogP contribution in [-0.4, -0.2) is 19.5 Å². The van der Waals surface area contributed by atoms with Gasteiger partial charge in [0.15, 0.2) is 17.5 Å². The molecule has 0 radical (unpaired) electrons. The summed E-state index contributed by atoms with van der Waals surface area (Å²) in [5.74, 6) is 1.70. The summed E-state index contributed by atoms with van der Waals surface area (Å²) in [4.78, 5) is 15.5. The molecule has 0 amide bonds. The third-order valence-electron chi connectivity index (χ3n) is 12.3. The molecular formula is C57H34N4O2. The Kier molecular flexibility index (Phi) is 7.80. The average molecular weight is 807 g/mol. The van der Waals surface area contributed by atoms with Crippen LogP contribution in [0.2, 0.25) is 0 Å². The van der Waals surface area contributed by atoms with Crippen molar-refractivity contribution in [2.24, 2.45) is 0 Å². The number of furan rings is 2. The first-order chi connectivity index (χ1) is 31.2. The van der Waals surface area contributed by atoms with Gasteiger partial charge in [0.2, 0.25) is 0 Å². The van der Waals surface area contributed by atoms with E-state index in [1.807, 2.05) is 54.6 Å². The maximum absolute atomic E-state index is 6.83. The quantitative estimate of drug-likeness (QED) is 0.167. The average Bonchev–Trinajstić information content (AvgIpc) is 4.04. The second-order valence-electron chi connectivity index (χ2n) is 15.9. The summed E-state index contributed by atoms with van der Waals surface area (Å²) < 4.78 is 15.8. The highest BCUT2D eigenvalue weighted by Crippen LogP contribution is 2.43. The van der Waals surface area contributed by atoms with Crippen LogP contribution < -0.4 is 0 Å². The molecule has 13 rings (SSSR count). The van der Waals surface area contributed by atoms with E-state index < -0.39 is 0 Å². The lowest BCUT2D eigenvalue weighted by Crippen LogP contribution is -2.00. The predicted molar refractivity (Wildman–Crippen MR) is 256 cm³/mol. The monoisotopic (exact) mass is 806 g/mol. The van der Waals surface area contributed by atoms with E-state index in [1.54, 1.807) is 0 Å². The van der Waals surface area contributed by atoms with Crippen LogP contribution in [0.1, 0.15) is 0 Å². The predicted octanol–water partition coefficient (Wildman–Crippen LogP) is 15.1. The van der Waals surface area contributed by atoms with Crippen LogP contribution in [0.4, 0.5) is 0 Å². The van der Waals surface area contributed by atoms with Crippen molar-refractivity contribution in [3.63, 3.8) is 0 Å². The Morgan fingerprint density at radius 3 is 1.70 bits per heavy atom. The van der Waals surface area contributed by atoms with E-state index in [0.717, 1.165) is 94.0 Å². The third kappa shape index (κ3) is 5.62. The van der Waals surface area contributed by atoms with Crippen LogP contribution in [0.25, 0.3) is 128 Å². The number of nitrogens with zero attached hydrogens (tertiary/aromatic N) is 4. The van der Waals surface area contributed by atoms with Gasteiger partial charge in [0, 0.05) is 65.8 Å². The van der Waals surface area contributed by atoms with Gasteiger partial charge in [-0.2, -0.15) is 0 Å². The van der Waals surface area contributed by atoms with Gasteiger partial charge in [0.25, 0.3) is 0 Å². The first-order valence-corrected chi connectivity index (χ1v) is 21.1. The molecule has 0 aliphatic heterocycles. The molecule has 0 atom stereocenters. The Bertz CT molecular complexity index is 3900. The van der Waals surface area contributed by atoms with E-state index in [4.69, 9.17) is 23.8 Å². The van der Waals surface area contributed by atoms with Gasteiger partial charge < -0.3 is 13.4 Å². The molecular weight excluding hydrogens is 773 g/mol. The number of para-hydroxylation sites is 4. The van der Waals surface area contributed by atoms with E-state index in [9.17, 15) is 0 Å². The zero-order valence-corrected chi connectivity index (χ0v) is 33.7. The number of rotatable bonds is 6. The van der Waals surface area contributed by atoms with Crippen LogP contribution in [0.15, 0.2) is 215 Å². The molecule has 0 fully saturated rings. The summed E-state index contributed by atoms with van der Waals surface area (Å²) in [5.41, 5.74) is 13.5. The highest BCUT2D eigenvalue weighted by atomic mass is 16.3. The number of aromatic nitrogens is 4. The fourth-order valence-corrected chi connectivity index (χ4v) is 9.38. The summed E-state index contributed by atoms with van der Waals surface area (Å²) in [6.45, 7) is 0. The standard InChI is InChI=1S/C57H34N4O2/c1-4-15-35(16-5-1)40-22-12-24-44-43-31-29-38(34-51(43)63-53(40)44)56-58-55(36-17-6-2-7-18-36)59-57(60-56)46-26-14-28-50-52(46)45-25-13-23-41(54(45)62-50)37-30-32-49-47(33-37)42-21-10-11-27-48(42)61(49)39-19-8-3-9-20-39/h1-34H. The first-order valence-electron chi connectivity index (χ1n) is 21.1. The third-order valence-corrected chi connectivity index (χ3v) is 12.3. The number of hydrogen-bond acceptors (Lipinski definition) is 5. The van der Waals surface area contributed by atoms with Gasteiger partial charge in [-0.3, -0.25) is 0 Å². The Hall–Kier alpha value is -8.61. The Morgan fingerprint density at radius 1 is 0.317 bits per heavy atom. The molecule has 0 spiro atoms. The van der Waals surface area contributed by atoms with Crippen molar-refractivity contribution in [2.75, 3.05) is 0 Å². The fourth-order valence-electron chi connectivity index (χ4n) is 9.38. The van der Waals surface area contributed by atoms with Gasteiger partial charge in [-0.1, -0.05) is 158 Å². The fraction of sp³-hybridized carbons (Fsp3) is 0. The summed E-state index contributed by atoms with van der Waals surface area (Å²) in [6, 6.07) is 71.4. The molecule has 6 nitrogen and oxygen atoms in total. The minimum Gasteiger partial charge on any atom is -0.455 e. The van der Waals surface area contributed by atoms with Gasteiger partial charge in [-0.25, -0.2) is 15.0 Å². The van der Waals surface area contributed by atoms with Gasteiger partial charge in [-0.15, -0.1) is 0 Å². The first kappa shape index (κ1) is 35.2. The molecule has 4 aromatic heterocycles. The molecule has 13 aromatic rings. The minimum absolute atomic E-state index is 0.554. The Labute approximate surface area is 361 Å². The Morgan fingerprint density at radius 2 is 0.889 bits per heavy atom. The lowest BCUT2D eigenvalue weighted by molar-refractivity contribution is 0.669. The molecule has 6 heteroatoms. The summed E-state index contributed by atoms with van der Waals surface area (Å²) in [7, 11) is 0. The normalized spacial score (nSPS) is 11.8. The van der Waals surface area contributed by atoms with Crippen LogP contribution in [0, 0.1) is 0 Å². The van der Waals surface area contributed by atoms with Crippen molar-refractivity contribution in [3.05, 3.63) is 206 Å². The SMILES string of the molecule is c1ccc(-c2nc(-c3ccc4c(c3)oc3c(-c5ccccc5)cccc34)nc(-c3cccc4oc5c(-c6ccc7c(c6)c6ccccc6n7-c6ccccc6)cccc5c34)n2)cc1. The highest BCUT2D eigenvalue weighted by molar-refractivity contribution is 6.16. The topological polar surface area (TPSA) is 69.9 Å². The minimum atomic E-state index is 0.554. The number of benzene rings is 9. The lowest BCUT2D eigenvalue weighted by atomic mass is 9.99. The van der Waals surface area contributed by atoms with Crippen LogP contribution in [0.3, 0.4) is 0 Å². The number of hydrogen-bond donors (Lipinski definition) is 0. The second-order valence-corrected chi connectivity index (χ2v) is 15.9. The van der Waals surface area contributed by atoms with Crippen LogP contribution >= 0.6 is 0 Å². The molecule has 0 unspecified atom stereocenters. The number of fused-ring (bicyclic) bond motifs is 9. The van der Waals surface area contributed by atoms with Crippen LogP contribution in [-0.2, 0) is 0 Å². The van der Waals surface area contributed by atoms with Crippen molar-refractivity contribution < 1.29 is 8.83 Å². The van der Waals surface area contributed by atoms with Gasteiger partial charge in [0.05, 0.1) is 11.0 Å². The smallest absolute Gasteiger partial charge is 0.164 e. The van der Waals surface area contributed by atoms with Crippen molar-refractivity contribution in [1.29, 1.82) is 0 Å². The highest BCUT2D eigenvalue weighted by Gasteiger charge is 2.21. The molecule has 4 heterocycles. The van der Waals surface area contributed by atoms with Crippen molar-refractivity contribution in [1.82, 2.24) is 19.5 Å². The molecule has 0 bridgehead atoms. The van der Waals surface area contributed by atoms with E-state index >= 15 is 0 Å². The molecule has 0 saturated carbocycles. The molecule has 63 heavy (non-hydrogen) atoms. The van der Waals surface area contributed by atoms with Crippen molar-refractivity contribution in [2.45, 2.75) is 0 Å². The molecule has 0 N–H and O–H groups in total. The summed E-state index contributed by atoms with van der Waals surface area (Å²) in [6.07, 6.45) is 0. The van der Waals surface area contributed by atoms with E-state index in [1.165, 1.54) is 16.3 Å². The van der Waals surface area contributed by atoms with E-state index in [2.05, 4.69) is 156 Å². The molecule has 0 aliphatic rings. The zero-order valence-electron chi connectivity index (χ0n) is 33.7. The summed E-state index contributed by atoms with van der Waals surface area (Å²) >= 11 is 0. The maximum atomic E-state index is 6.83. The van der Waals surface area contributed by atoms with Gasteiger partial charge in [-0.05, 0) is 59.7 Å². The molecule has 0 saturated heterocycles. The van der Waals surface area contributed by atoms with E-state index in [0.29, 0.717) is 17.5 Å². The van der Waals surface area contributed by atoms with Crippen molar-refractivity contribution >= 4 is 65.7 Å². The van der Waals surface area contributed by atoms with Crippen molar-refractivity contribution in [3.8, 4) is 62.1 Å². The molecule has 294 valence electrons. The summed E-state index contributed by atoms with van der Waals surface area (Å²) in [5, 5.41) is 6.43. The van der Waals surface area contributed by atoms with Gasteiger partial charge >= 0.3 is 0 Å². The second kappa shape index (κ2) is 14.0. The zero-order chi connectivity index (χ0) is 41.4. The Balaban J connectivity index is 0.974. The van der Waals surface area contributed by atoms with E-state index in [-0.39, 0.29) is 0 Å². The van der Waals surface area contributed by atoms with Crippen LogP contribution in [0.5, 0.6) is 0 Å². The molecule has 9 aromatic carbocycles. The molecule has 0 aliphatic carbocycles.